The number of methoxy groups -OCH3 is 1. The maximum Gasteiger partial charge on any atom is 0.338 e. The quantitative estimate of drug-likeness (QED) is 0.641. The standard InChI is InChI=1S/C21H26N2O6S/c1-6-29-21(25)18-8-7-9-19(14(18)2)22-20(24)15(3)23(30(5,26)27)16-10-12-17(28-4)13-11-16/h7-13,15H,6H2,1-5H3,(H,22,24)/t15-/m0/s1. The molecule has 0 spiro atoms. The van der Waals surface area contributed by atoms with Gasteiger partial charge in [-0.15, -0.1) is 0 Å². The summed E-state index contributed by atoms with van der Waals surface area (Å²) in [5.74, 6) is -0.466. The zero-order chi connectivity index (χ0) is 22.5. The van der Waals surface area contributed by atoms with Crippen LogP contribution in [0.4, 0.5) is 11.4 Å². The molecule has 0 saturated carbocycles. The van der Waals surface area contributed by atoms with E-state index in [1.165, 1.54) is 14.0 Å². The van der Waals surface area contributed by atoms with Crippen LogP contribution >= 0.6 is 0 Å². The van der Waals surface area contributed by atoms with Crippen LogP contribution in [0.1, 0.15) is 29.8 Å². The maximum absolute atomic E-state index is 12.9. The monoisotopic (exact) mass is 434 g/mol. The molecule has 162 valence electrons. The van der Waals surface area contributed by atoms with Gasteiger partial charge in [-0.1, -0.05) is 6.07 Å². The number of benzene rings is 2. The van der Waals surface area contributed by atoms with Crippen LogP contribution in [0.5, 0.6) is 5.75 Å². The molecule has 2 aromatic rings. The zero-order valence-corrected chi connectivity index (χ0v) is 18.4. The van der Waals surface area contributed by atoms with E-state index in [0.717, 1.165) is 10.6 Å². The van der Waals surface area contributed by atoms with Crippen molar-refractivity contribution in [1.82, 2.24) is 0 Å². The molecule has 0 aliphatic heterocycles. The Morgan fingerprint density at radius 3 is 2.30 bits per heavy atom. The van der Waals surface area contributed by atoms with E-state index in [0.29, 0.717) is 28.3 Å². The van der Waals surface area contributed by atoms with E-state index in [-0.39, 0.29) is 6.61 Å². The Hall–Kier alpha value is -3.07. The third-order valence-corrected chi connectivity index (χ3v) is 5.74. The van der Waals surface area contributed by atoms with Crippen molar-refractivity contribution in [2.24, 2.45) is 0 Å². The smallest absolute Gasteiger partial charge is 0.338 e. The minimum Gasteiger partial charge on any atom is -0.497 e. The molecule has 30 heavy (non-hydrogen) atoms. The summed E-state index contributed by atoms with van der Waals surface area (Å²) < 4.78 is 36.0. The second-order valence-corrected chi connectivity index (χ2v) is 8.48. The van der Waals surface area contributed by atoms with Gasteiger partial charge in [-0.05, 0) is 62.7 Å². The second-order valence-electron chi connectivity index (χ2n) is 6.62. The Morgan fingerprint density at radius 1 is 1.13 bits per heavy atom. The summed E-state index contributed by atoms with van der Waals surface area (Å²) in [4.78, 5) is 25.0. The van der Waals surface area contributed by atoms with Crippen LogP contribution in [0.3, 0.4) is 0 Å². The third kappa shape index (κ3) is 5.29. The number of esters is 1. The highest BCUT2D eigenvalue weighted by Gasteiger charge is 2.29. The highest BCUT2D eigenvalue weighted by Crippen LogP contribution is 2.25. The second kappa shape index (κ2) is 9.62. The van der Waals surface area contributed by atoms with Gasteiger partial charge in [-0.2, -0.15) is 0 Å². The fourth-order valence-corrected chi connectivity index (χ4v) is 4.15. The number of amides is 1. The number of nitrogens with one attached hydrogen (secondary N) is 1. The van der Waals surface area contributed by atoms with Crippen LogP contribution in [0.25, 0.3) is 0 Å². The molecule has 1 amide bonds. The van der Waals surface area contributed by atoms with Gasteiger partial charge < -0.3 is 14.8 Å². The normalized spacial score (nSPS) is 12.0. The number of anilines is 2. The molecular formula is C21H26N2O6S. The topological polar surface area (TPSA) is 102 Å². The first-order chi connectivity index (χ1) is 14.1. The van der Waals surface area contributed by atoms with Gasteiger partial charge in [-0.3, -0.25) is 9.10 Å². The summed E-state index contributed by atoms with van der Waals surface area (Å²) in [7, 11) is -2.25. The number of hydrogen-bond donors (Lipinski definition) is 1. The van der Waals surface area contributed by atoms with E-state index in [9.17, 15) is 18.0 Å². The van der Waals surface area contributed by atoms with Crippen molar-refractivity contribution in [3.8, 4) is 5.75 Å². The van der Waals surface area contributed by atoms with Crippen LogP contribution in [0, 0.1) is 6.92 Å². The van der Waals surface area contributed by atoms with Crippen molar-refractivity contribution in [1.29, 1.82) is 0 Å². The Morgan fingerprint density at radius 2 is 1.77 bits per heavy atom. The number of carbonyl (C=O) groups is 2. The van der Waals surface area contributed by atoms with Crippen LogP contribution < -0.4 is 14.4 Å². The van der Waals surface area contributed by atoms with E-state index in [2.05, 4.69) is 5.32 Å². The van der Waals surface area contributed by atoms with Gasteiger partial charge in [-0.25, -0.2) is 13.2 Å². The molecule has 0 saturated heterocycles. The van der Waals surface area contributed by atoms with E-state index >= 15 is 0 Å². The molecule has 2 aromatic carbocycles. The van der Waals surface area contributed by atoms with Gasteiger partial charge in [0, 0.05) is 5.69 Å². The Labute approximate surface area is 176 Å². The van der Waals surface area contributed by atoms with Gasteiger partial charge in [0.05, 0.1) is 31.2 Å². The molecule has 1 atom stereocenters. The Kier molecular flexibility index (Phi) is 7.44. The van der Waals surface area contributed by atoms with E-state index in [1.54, 1.807) is 56.3 Å². The van der Waals surface area contributed by atoms with Crippen LogP contribution in [0.2, 0.25) is 0 Å². The number of sulfonamides is 1. The predicted octanol–water partition coefficient (Wildman–Crippen LogP) is 2.97. The van der Waals surface area contributed by atoms with Crippen LogP contribution in [0.15, 0.2) is 42.5 Å². The lowest BCUT2D eigenvalue weighted by atomic mass is 10.1. The van der Waals surface area contributed by atoms with Crippen LogP contribution in [-0.2, 0) is 19.6 Å². The lowest BCUT2D eigenvalue weighted by molar-refractivity contribution is -0.116. The zero-order valence-electron chi connectivity index (χ0n) is 17.6. The van der Waals surface area contributed by atoms with E-state index < -0.39 is 27.9 Å². The largest absolute Gasteiger partial charge is 0.497 e. The summed E-state index contributed by atoms with van der Waals surface area (Å²) >= 11 is 0. The highest BCUT2D eigenvalue weighted by atomic mass is 32.2. The molecule has 8 nitrogen and oxygen atoms in total. The van der Waals surface area contributed by atoms with E-state index in [4.69, 9.17) is 9.47 Å². The van der Waals surface area contributed by atoms with Gasteiger partial charge in [0.2, 0.25) is 15.9 Å². The molecule has 0 unspecified atom stereocenters. The lowest BCUT2D eigenvalue weighted by Crippen LogP contribution is -2.45. The molecule has 0 fully saturated rings. The number of ether oxygens (including phenoxy) is 2. The summed E-state index contributed by atoms with van der Waals surface area (Å²) in [5.41, 5.74) is 1.60. The van der Waals surface area contributed by atoms with Crippen molar-refractivity contribution >= 4 is 33.3 Å². The van der Waals surface area contributed by atoms with Gasteiger partial charge in [0.1, 0.15) is 11.8 Å². The Bertz CT molecular complexity index is 1020. The highest BCUT2D eigenvalue weighted by molar-refractivity contribution is 7.92. The average molecular weight is 435 g/mol. The molecule has 0 aromatic heterocycles. The molecule has 2 rings (SSSR count). The molecule has 9 heteroatoms. The predicted molar refractivity (Wildman–Crippen MR) is 116 cm³/mol. The van der Waals surface area contributed by atoms with E-state index in [1.807, 2.05) is 0 Å². The number of carbonyl (C=O) groups excluding carboxylic acids is 2. The summed E-state index contributed by atoms with van der Waals surface area (Å²) in [6.07, 6.45) is 1.04. The van der Waals surface area contributed by atoms with Crippen molar-refractivity contribution in [2.75, 3.05) is 29.6 Å². The number of hydrogen-bond acceptors (Lipinski definition) is 6. The first-order valence-electron chi connectivity index (χ1n) is 9.31. The van der Waals surface area contributed by atoms with Gasteiger partial charge in [0.25, 0.3) is 0 Å². The van der Waals surface area contributed by atoms with Crippen molar-refractivity contribution in [3.05, 3.63) is 53.6 Å². The molecule has 0 aliphatic carbocycles. The molecule has 0 heterocycles. The van der Waals surface area contributed by atoms with Crippen molar-refractivity contribution in [2.45, 2.75) is 26.8 Å². The first-order valence-corrected chi connectivity index (χ1v) is 11.2. The van der Waals surface area contributed by atoms with Gasteiger partial charge in [0.15, 0.2) is 0 Å². The number of nitrogens with zero attached hydrogens (tertiary/aromatic N) is 1. The fraction of sp³-hybridized carbons (Fsp3) is 0.333. The van der Waals surface area contributed by atoms with Crippen molar-refractivity contribution < 1.29 is 27.5 Å². The van der Waals surface area contributed by atoms with Crippen LogP contribution in [-0.4, -0.2) is 46.3 Å². The summed E-state index contributed by atoms with van der Waals surface area (Å²) in [6, 6.07) is 10.2. The molecular weight excluding hydrogens is 408 g/mol. The minimum absolute atomic E-state index is 0.233. The number of rotatable bonds is 8. The summed E-state index contributed by atoms with van der Waals surface area (Å²) in [5, 5.41) is 2.71. The lowest BCUT2D eigenvalue weighted by Gasteiger charge is -2.28. The molecule has 0 aliphatic rings. The third-order valence-electron chi connectivity index (χ3n) is 4.50. The Balaban J connectivity index is 2.32. The summed E-state index contributed by atoms with van der Waals surface area (Å²) in [6.45, 7) is 5.12. The molecule has 0 radical (unpaired) electrons. The maximum atomic E-state index is 12.9. The molecule has 1 N–H and O–H groups in total. The molecule has 0 bridgehead atoms. The van der Waals surface area contributed by atoms with Crippen molar-refractivity contribution in [3.63, 3.8) is 0 Å². The SMILES string of the molecule is CCOC(=O)c1cccc(NC(=O)[C@H](C)N(c2ccc(OC)cc2)S(C)(=O)=O)c1C. The first kappa shape index (κ1) is 23.2. The average Bonchev–Trinajstić information content (AvgIpc) is 2.69. The van der Waals surface area contributed by atoms with Gasteiger partial charge >= 0.3 is 5.97 Å². The minimum atomic E-state index is -3.76. The fourth-order valence-electron chi connectivity index (χ4n) is 2.98.